The van der Waals surface area contributed by atoms with Crippen LogP contribution in [-0.4, -0.2) is 60.7 Å². The minimum absolute atomic E-state index is 0.0532. The van der Waals surface area contributed by atoms with Crippen molar-refractivity contribution in [3.8, 4) is 5.75 Å². The summed E-state index contributed by atoms with van der Waals surface area (Å²) < 4.78 is 34.4. The summed E-state index contributed by atoms with van der Waals surface area (Å²) in [6.45, 7) is 3.01. The van der Waals surface area contributed by atoms with E-state index in [1.54, 1.807) is 17.0 Å². The van der Waals surface area contributed by atoms with Crippen LogP contribution in [-0.2, 0) is 32.6 Å². The van der Waals surface area contributed by atoms with Crippen molar-refractivity contribution in [1.29, 1.82) is 0 Å². The lowest BCUT2D eigenvalue weighted by Crippen LogP contribution is -2.59. The molecular weight excluding hydrogens is 454 g/mol. The lowest BCUT2D eigenvalue weighted by atomic mass is 9.92. The number of carbonyl (C=O) groups excluding carboxylic acids is 2. The third-order valence-electron chi connectivity index (χ3n) is 7.03. The van der Waals surface area contributed by atoms with E-state index in [-0.39, 0.29) is 41.8 Å². The predicted octanol–water partition coefficient (Wildman–Crippen LogP) is 2.08. The first-order valence-electron chi connectivity index (χ1n) is 11.8. The second-order valence-corrected chi connectivity index (χ2v) is 11.0. The van der Waals surface area contributed by atoms with Crippen LogP contribution in [0.2, 0.25) is 0 Å². The standard InChI is InChI=1S/C25H29N3O5S/c1-2-33-19-9-11-20(12-10-19)34(31,32)28-16-18-7-4-3-6-17(18)14-23(28)25(30)27-13-5-8-21-22(27)15-24(29)26-21/h3-4,6-7,9-12,21-23H,2,5,8,13-16H2,1H3,(H,26,29)/t21-,22-,23?/m0/s1. The summed E-state index contributed by atoms with van der Waals surface area (Å²) in [5.74, 6) is 0.314. The molecule has 8 nitrogen and oxygen atoms in total. The molecule has 2 fully saturated rings. The number of piperidine rings is 1. The number of likely N-dealkylation sites (tertiary alicyclic amines) is 1. The van der Waals surface area contributed by atoms with E-state index in [0.717, 1.165) is 24.0 Å². The van der Waals surface area contributed by atoms with Crippen LogP contribution in [0.1, 0.15) is 37.3 Å². The zero-order chi connectivity index (χ0) is 23.9. The van der Waals surface area contributed by atoms with E-state index in [4.69, 9.17) is 4.74 Å². The monoisotopic (exact) mass is 483 g/mol. The predicted molar refractivity (Wildman–Crippen MR) is 126 cm³/mol. The number of nitrogens with zero attached hydrogens (tertiary/aromatic N) is 2. The number of rotatable bonds is 5. The highest BCUT2D eigenvalue weighted by atomic mass is 32.2. The second-order valence-electron chi connectivity index (χ2n) is 9.06. The lowest BCUT2D eigenvalue weighted by Gasteiger charge is -2.42. The van der Waals surface area contributed by atoms with E-state index >= 15 is 0 Å². The van der Waals surface area contributed by atoms with Gasteiger partial charge in [0.1, 0.15) is 11.8 Å². The fourth-order valence-electron chi connectivity index (χ4n) is 5.37. The molecule has 9 heteroatoms. The number of amides is 2. The normalized spacial score (nSPS) is 24.8. The Bertz CT molecular complexity index is 1200. The SMILES string of the molecule is CCOc1ccc(S(=O)(=O)N2Cc3ccccc3CC2C(=O)N2CCC[C@@H]3NC(=O)C[C@@H]32)cc1. The minimum Gasteiger partial charge on any atom is -0.494 e. The van der Waals surface area contributed by atoms with Gasteiger partial charge in [-0.2, -0.15) is 4.31 Å². The fraction of sp³-hybridized carbons (Fsp3) is 0.440. The summed E-state index contributed by atoms with van der Waals surface area (Å²) in [7, 11) is -3.95. The average molecular weight is 484 g/mol. The van der Waals surface area contributed by atoms with Crippen LogP contribution in [0.5, 0.6) is 5.75 Å². The molecule has 0 radical (unpaired) electrons. The number of carbonyl (C=O) groups is 2. The molecule has 5 rings (SSSR count). The third-order valence-corrected chi connectivity index (χ3v) is 8.90. The van der Waals surface area contributed by atoms with Gasteiger partial charge in [-0.05, 0) is 61.6 Å². The fourth-order valence-corrected chi connectivity index (χ4v) is 6.93. The zero-order valence-electron chi connectivity index (χ0n) is 19.1. The van der Waals surface area contributed by atoms with Gasteiger partial charge in [0.2, 0.25) is 21.8 Å². The van der Waals surface area contributed by atoms with Crippen molar-refractivity contribution in [3.05, 3.63) is 59.7 Å². The molecule has 34 heavy (non-hydrogen) atoms. The number of hydrogen-bond donors (Lipinski definition) is 1. The first-order chi connectivity index (χ1) is 16.4. The maximum atomic E-state index is 13.9. The summed E-state index contributed by atoms with van der Waals surface area (Å²) in [5.41, 5.74) is 1.88. The molecule has 3 atom stereocenters. The number of fused-ring (bicyclic) bond motifs is 2. The average Bonchev–Trinajstić information content (AvgIpc) is 3.23. The molecule has 2 aromatic rings. The molecule has 1 unspecified atom stereocenters. The molecule has 0 aromatic heterocycles. The minimum atomic E-state index is -3.95. The number of sulfonamides is 1. The summed E-state index contributed by atoms with van der Waals surface area (Å²) in [6, 6.07) is 12.8. The van der Waals surface area contributed by atoms with Crippen molar-refractivity contribution in [2.45, 2.75) is 62.2 Å². The highest BCUT2D eigenvalue weighted by Gasteiger charge is 2.46. The largest absolute Gasteiger partial charge is 0.494 e. The van der Waals surface area contributed by atoms with Gasteiger partial charge in [0.15, 0.2) is 0 Å². The van der Waals surface area contributed by atoms with E-state index in [0.29, 0.717) is 25.3 Å². The first-order valence-corrected chi connectivity index (χ1v) is 13.2. The van der Waals surface area contributed by atoms with Gasteiger partial charge in [0.25, 0.3) is 0 Å². The Morgan fingerprint density at radius 2 is 1.82 bits per heavy atom. The summed E-state index contributed by atoms with van der Waals surface area (Å²) in [6.07, 6.45) is 2.19. The van der Waals surface area contributed by atoms with Gasteiger partial charge in [-0.3, -0.25) is 9.59 Å². The van der Waals surface area contributed by atoms with Crippen LogP contribution < -0.4 is 10.1 Å². The van der Waals surface area contributed by atoms with Crippen LogP contribution in [0.15, 0.2) is 53.4 Å². The molecule has 3 aliphatic rings. The number of hydrogen-bond acceptors (Lipinski definition) is 5. The first kappa shape index (κ1) is 22.9. The van der Waals surface area contributed by atoms with E-state index in [2.05, 4.69) is 5.32 Å². The van der Waals surface area contributed by atoms with E-state index < -0.39 is 16.1 Å². The second kappa shape index (κ2) is 9.03. The maximum absolute atomic E-state index is 13.9. The molecule has 1 N–H and O–H groups in total. The van der Waals surface area contributed by atoms with Gasteiger partial charge in [-0.1, -0.05) is 24.3 Å². The van der Waals surface area contributed by atoms with Crippen LogP contribution in [0.25, 0.3) is 0 Å². The quantitative estimate of drug-likeness (QED) is 0.703. The smallest absolute Gasteiger partial charge is 0.244 e. The highest BCUT2D eigenvalue weighted by molar-refractivity contribution is 7.89. The van der Waals surface area contributed by atoms with E-state index in [9.17, 15) is 18.0 Å². The Morgan fingerprint density at radius 3 is 2.56 bits per heavy atom. The Morgan fingerprint density at radius 1 is 1.09 bits per heavy atom. The van der Waals surface area contributed by atoms with Gasteiger partial charge in [0, 0.05) is 25.6 Å². The van der Waals surface area contributed by atoms with Crippen LogP contribution in [0.4, 0.5) is 0 Å². The molecule has 2 aromatic carbocycles. The van der Waals surface area contributed by atoms with Crippen molar-refractivity contribution in [1.82, 2.24) is 14.5 Å². The topological polar surface area (TPSA) is 96.0 Å². The highest BCUT2D eigenvalue weighted by Crippen LogP contribution is 2.33. The van der Waals surface area contributed by atoms with Crippen molar-refractivity contribution >= 4 is 21.8 Å². The van der Waals surface area contributed by atoms with Crippen LogP contribution >= 0.6 is 0 Å². The van der Waals surface area contributed by atoms with Gasteiger partial charge in [-0.25, -0.2) is 8.42 Å². The zero-order valence-corrected chi connectivity index (χ0v) is 20.0. The third kappa shape index (κ3) is 4.07. The van der Waals surface area contributed by atoms with Crippen molar-refractivity contribution < 1.29 is 22.7 Å². The maximum Gasteiger partial charge on any atom is 0.244 e. The molecule has 0 aliphatic carbocycles. The van der Waals surface area contributed by atoms with E-state index in [1.165, 1.54) is 16.4 Å². The summed E-state index contributed by atoms with van der Waals surface area (Å²) in [4.78, 5) is 27.8. The van der Waals surface area contributed by atoms with Crippen molar-refractivity contribution in [2.75, 3.05) is 13.2 Å². The molecule has 0 spiro atoms. The molecular formula is C25H29N3O5S. The Labute approximate surface area is 199 Å². The Balaban J connectivity index is 1.50. The van der Waals surface area contributed by atoms with Gasteiger partial charge < -0.3 is 15.0 Å². The Hall–Kier alpha value is -2.91. The van der Waals surface area contributed by atoms with E-state index in [1.807, 2.05) is 31.2 Å². The molecule has 0 bridgehead atoms. The van der Waals surface area contributed by atoms with Gasteiger partial charge in [-0.15, -0.1) is 0 Å². The van der Waals surface area contributed by atoms with Gasteiger partial charge in [0.05, 0.1) is 17.5 Å². The molecule has 0 saturated carbocycles. The van der Waals surface area contributed by atoms with Crippen LogP contribution in [0.3, 0.4) is 0 Å². The molecule has 3 aliphatic heterocycles. The van der Waals surface area contributed by atoms with Crippen LogP contribution in [0, 0.1) is 0 Å². The Kier molecular flexibility index (Phi) is 6.07. The van der Waals surface area contributed by atoms with Crippen molar-refractivity contribution in [3.63, 3.8) is 0 Å². The van der Waals surface area contributed by atoms with Crippen molar-refractivity contribution in [2.24, 2.45) is 0 Å². The number of benzene rings is 2. The molecule has 3 heterocycles. The molecule has 2 amide bonds. The molecule has 2 saturated heterocycles. The molecule has 180 valence electrons. The summed E-state index contributed by atoms with van der Waals surface area (Å²) >= 11 is 0. The summed E-state index contributed by atoms with van der Waals surface area (Å²) in [5, 5.41) is 2.97. The number of ether oxygens (including phenoxy) is 1. The van der Waals surface area contributed by atoms with Gasteiger partial charge >= 0.3 is 0 Å². The number of nitrogens with one attached hydrogen (secondary N) is 1. The lowest BCUT2D eigenvalue weighted by molar-refractivity contribution is -0.139.